The maximum atomic E-state index is 17.2. The minimum atomic E-state index is -2.30. The van der Waals surface area contributed by atoms with Crippen molar-refractivity contribution >= 4 is 28.6 Å². The molecule has 188 valence electrons. The molecule has 3 fully saturated rings. The van der Waals surface area contributed by atoms with E-state index < -0.39 is 75.0 Å². The molecule has 9 atom stereocenters. The fourth-order valence-electron chi connectivity index (χ4n) is 7.63. The summed E-state index contributed by atoms with van der Waals surface area (Å²) in [6, 6.07) is -1.02. The molecule has 0 saturated heterocycles. The first-order chi connectivity index (χ1) is 15.8. The lowest BCUT2D eigenvalue weighted by atomic mass is 9.44. The highest BCUT2D eigenvalue weighted by Gasteiger charge is 2.78. The van der Waals surface area contributed by atoms with Crippen LogP contribution in [0.25, 0.3) is 0 Å². The van der Waals surface area contributed by atoms with Gasteiger partial charge in [0.05, 0.1) is 6.10 Å². The topological polar surface area (TPSA) is 80.7 Å². The first kappa shape index (κ1) is 25.5. The van der Waals surface area contributed by atoms with E-state index in [0.29, 0.717) is 11.8 Å². The van der Waals surface area contributed by atoms with E-state index in [9.17, 15) is 23.9 Å². The molecule has 0 bridgehead atoms. The molecule has 3 saturated carbocycles. The maximum Gasteiger partial charge on any atom is 0.306 e. The number of aliphatic hydroxyl groups excluding tert-OH is 1. The second-order valence-electron chi connectivity index (χ2n) is 10.6. The molecule has 0 aliphatic heterocycles. The zero-order valence-electron chi connectivity index (χ0n) is 19.8. The monoisotopic (exact) mass is 500 g/mol. The summed E-state index contributed by atoms with van der Waals surface area (Å²) in [7, 11) is 0. The number of carbonyl (C=O) groups is 3. The second-order valence-corrected chi connectivity index (χ2v) is 11.5. The number of thioether (sulfide) groups is 1. The number of hydrogen-bond acceptors (Lipinski definition) is 6. The molecule has 34 heavy (non-hydrogen) atoms. The first-order valence-corrected chi connectivity index (χ1v) is 12.7. The molecule has 0 radical (unpaired) electrons. The molecule has 0 spiro atoms. The Morgan fingerprint density at radius 2 is 1.94 bits per heavy atom. The molecule has 4 rings (SSSR count). The van der Waals surface area contributed by atoms with Crippen molar-refractivity contribution in [3.05, 3.63) is 23.8 Å². The van der Waals surface area contributed by atoms with Gasteiger partial charge in [0.25, 0.3) is 0 Å². The molecule has 0 heterocycles. The lowest BCUT2D eigenvalue weighted by Gasteiger charge is -2.63. The Labute approximate surface area is 201 Å². The summed E-state index contributed by atoms with van der Waals surface area (Å²) in [5.41, 5.74) is -6.84. The van der Waals surface area contributed by atoms with Gasteiger partial charge in [-0.2, -0.15) is 0 Å². The standard InChI is InChI=1S/C25H31F3O5S/c1-5-20(31)33-25(21(32)34-12-26)13(2)8-15-16-10-18(27)17-9-14(29)6-7-22(17,3)24(16,28)19(30)11-23(15,25)4/h6-7,9,13,15-16,18-19,30H,5,8,10-12H2,1-4H3/t13?,15-,16-,18?,19?,22-,23-,24+,25+/m0/s1. The van der Waals surface area contributed by atoms with Crippen LogP contribution in [0.15, 0.2) is 23.8 Å². The predicted octanol–water partition coefficient (Wildman–Crippen LogP) is 4.43. The number of halogens is 3. The highest BCUT2D eigenvalue weighted by molar-refractivity contribution is 8.13. The molecule has 0 aromatic heterocycles. The number of allylic oxidation sites excluding steroid dienone is 4. The minimum absolute atomic E-state index is 0.0141. The van der Waals surface area contributed by atoms with Gasteiger partial charge < -0.3 is 9.84 Å². The molecule has 3 unspecified atom stereocenters. The number of fused-ring (bicyclic) bond motifs is 5. The number of ketones is 1. The van der Waals surface area contributed by atoms with Crippen LogP contribution in [0.2, 0.25) is 0 Å². The van der Waals surface area contributed by atoms with Crippen molar-refractivity contribution < 1.29 is 37.4 Å². The number of ether oxygens (including phenoxy) is 1. The Hall–Kier alpha value is -1.61. The number of esters is 1. The SMILES string of the molecule is CCC(=O)O[C@@]1(C(=O)SCF)C(C)C[C@H]2[C@@H]3CC(F)C4=CC(=O)C=C[C@]4(C)[C@]3(F)C(O)C[C@@]21C. The van der Waals surface area contributed by atoms with E-state index in [1.165, 1.54) is 19.1 Å². The summed E-state index contributed by atoms with van der Waals surface area (Å²) in [4.78, 5) is 37.8. The molecular weight excluding hydrogens is 469 g/mol. The lowest BCUT2D eigenvalue weighted by Crippen LogP contribution is -2.70. The summed E-state index contributed by atoms with van der Waals surface area (Å²) in [5.74, 6) is -3.30. The van der Waals surface area contributed by atoms with Gasteiger partial charge in [-0.1, -0.05) is 26.8 Å². The van der Waals surface area contributed by atoms with Gasteiger partial charge in [-0.05, 0) is 61.6 Å². The predicted molar refractivity (Wildman–Crippen MR) is 121 cm³/mol. The number of rotatable bonds is 4. The molecular formula is C25H31F3O5S. The van der Waals surface area contributed by atoms with Gasteiger partial charge in [0.1, 0.15) is 12.2 Å². The van der Waals surface area contributed by atoms with E-state index in [1.807, 2.05) is 0 Å². The molecule has 1 N–H and O–H groups in total. The van der Waals surface area contributed by atoms with E-state index in [-0.39, 0.29) is 31.3 Å². The van der Waals surface area contributed by atoms with Gasteiger partial charge in [0, 0.05) is 29.1 Å². The summed E-state index contributed by atoms with van der Waals surface area (Å²) in [6.07, 6.45) is 0.160. The molecule has 4 aliphatic carbocycles. The molecule has 0 aromatic rings. The maximum absolute atomic E-state index is 17.2. The lowest BCUT2D eigenvalue weighted by molar-refractivity contribution is -0.228. The molecule has 9 heteroatoms. The third kappa shape index (κ3) is 3.01. The van der Waals surface area contributed by atoms with Crippen LogP contribution in [0.3, 0.4) is 0 Å². The van der Waals surface area contributed by atoms with Gasteiger partial charge in [0.15, 0.2) is 17.1 Å². The number of hydrogen-bond donors (Lipinski definition) is 1. The van der Waals surface area contributed by atoms with E-state index >= 15 is 8.78 Å². The van der Waals surface area contributed by atoms with Crippen LogP contribution in [-0.2, 0) is 19.1 Å². The van der Waals surface area contributed by atoms with E-state index in [2.05, 4.69) is 0 Å². The average molecular weight is 501 g/mol. The second kappa shape index (κ2) is 8.22. The highest BCUT2D eigenvalue weighted by Crippen LogP contribution is 2.72. The number of aliphatic hydroxyl groups is 1. The Morgan fingerprint density at radius 3 is 2.56 bits per heavy atom. The fraction of sp³-hybridized carbons (Fsp3) is 0.720. The van der Waals surface area contributed by atoms with Crippen LogP contribution >= 0.6 is 11.8 Å². The Bertz CT molecular complexity index is 984. The van der Waals surface area contributed by atoms with Crippen molar-refractivity contribution in [3.8, 4) is 0 Å². The molecule has 5 nitrogen and oxygen atoms in total. The van der Waals surface area contributed by atoms with Gasteiger partial charge in [-0.3, -0.25) is 14.4 Å². The quantitative estimate of drug-likeness (QED) is 0.576. The van der Waals surface area contributed by atoms with Crippen LogP contribution in [0.5, 0.6) is 0 Å². The van der Waals surface area contributed by atoms with Crippen molar-refractivity contribution in [1.82, 2.24) is 0 Å². The van der Waals surface area contributed by atoms with Crippen LogP contribution < -0.4 is 0 Å². The summed E-state index contributed by atoms with van der Waals surface area (Å²) in [5, 5.41) is 10.7. The van der Waals surface area contributed by atoms with Gasteiger partial charge in [-0.25, -0.2) is 13.2 Å². The molecule has 4 aliphatic rings. The highest BCUT2D eigenvalue weighted by atomic mass is 32.2. The Kier molecular flexibility index (Phi) is 6.16. The van der Waals surface area contributed by atoms with E-state index in [0.717, 1.165) is 6.08 Å². The summed E-state index contributed by atoms with van der Waals surface area (Å²) in [6.45, 7) is 6.45. The average Bonchev–Trinajstić information content (AvgIpc) is 2.99. The third-order valence-electron chi connectivity index (χ3n) is 9.22. The molecule has 0 aromatic carbocycles. The van der Waals surface area contributed by atoms with Gasteiger partial charge >= 0.3 is 5.97 Å². The minimum Gasteiger partial charge on any atom is -0.449 e. The Balaban J connectivity index is 1.87. The number of alkyl halides is 3. The van der Waals surface area contributed by atoms with E-state index in [1.54, 1.807) is 20.8 Å². The summed E-state index contributed by atoms with van der Waals surface area (Å²) < 4.78 is 51.8. The van der Waals surface area contributed by atoms with Crippen molar-refractivity contribution in [1.29, 1.82) is 0 Å². The Morgan fingerprint density at radius 1 is 1.26 bits per heavy atom. The summed E-state index contributed by atoms with van der Waals surface area (Å²) >= 11 is 0.396. The van der Waals surface area contributed by atoms with Crippen molar-refractivity contribution in [2.75, 3.05) is 6.01 Å². The zero-order valence-corrected chi connectivity index (χ0v) is 20.6. The van der Waals surface area contributed by atoms with Crippen molar-refractivity contribution in [2.45, 2.75) is 76.9 Å². The number of carbonyl (C=O) groups excluding carboxylic acids is 3. The zero-order chi connectivity index (χ0) is 25.3. The van der Waals surface area contributed by atoms with Crippen LogP contribution in [0.4, 0.5) is 13.2 Å². The van der Waals surface area contributed by atoms with Crippen LogP contribution in [0.1, 0.15) is 53.4 Å². The van der Waals surface area contributed by atoms with Crippen LogP contribution in [0, 0.1) is 28.6 Å². The van der Waals surface area contributed by atoms with Crippen molar-refractivity contribution in [3.63, 3.8) is 0 Å². The first-order valence-electron chi connectivity index (χ1n) is 11.7. The van der Waals surface area contributed by atoms with Crippen molar-refractivity contribution in [2.24, 2.45) is 28.6 Å². The van der Waals surface area contributed by atoms with Crippen LogP contribution in [-0.4, -0.2) is 51.5 Å². The fourth-order valence-corrected chi connectivity index (χ4v) is 8.42. The van der Waals surface area contributed by atoms with Gasteiger partial charge in [0.2, 0.25) is 5.12 Å². The molecule has 0 amide bonds. The third-order valence-corrected chi connectivity index (χ3v) is 9.90. The largest absolute Gasteiger partial charge is 0.449 e. The van der Waals surface area contributed by atoms with E-state index in [4.69, 9.17) is 4.74 Å². The smallest absolute Gasteiger partial charge is 0.306 e. The van der Waals surface area contributed by atoms with Gasteiger partial charge in [-0.15, -0.1) is 0 Å². The normalized spacial score (nSPS) is 47.4.